The molecule has 5 heteroatoms. The van der Waals surface area contributed by atoms with Crippen LogP contribution >= 0.6 is 0 Å². The van der Waals surface area contributed by atoms with Crippen molar-refractivity contribution >= 4 is 22.6 Å². The lowest BCUT2D eigenvalue weighted by Gasteiger charge is -2.17. The normalized spacial score (nSPS) is 17.4. The van der Waals surface area contributed by atoms with Crippen LogP contribution in [0.15, 0.2) is 61.2 Å². The minimum atomic E-state index is -0.306. The minimum absolute atomic E-state index is 0.00454. The van der Waals surface area contributed by atoms with Crippen LogP contribution in [0.2, 0.25) is 0 Å². The highest BCUT2D eigenvalue weighted by molar-refractivity contribution is 5.96. The molecular weight excluding hydrogens is 317 g/mol. The summed E-state index contributed by atoms with van der Waals surface area (Å²) in [6, 6.07) is 14.0. The van der Waals surface area contributed by atoms with Crippen molar-refractivity contribution in [3.8, 4) is 0 Å². The summed E-state index contributed by atoms with van der Waals surface area (Å²) in [6.07, 6.45) is 2.24. The molecule has 1 aliphatic heterocycles. The van der Waals surface area contributed by atoms with Crippen LogP contribution < -0.4 is 4.90 Å². The van der Waals surface area contributed by atoms with E-state index in [-0.39, 0.29) is 17.6 Å². The first kappa shape index (κ1) is 15.6. The molecule has 1 saturated heterocycles. The van der Waals surface area contributed by atoms with Crippen molar-refractivity contribution in [2.45, 2.75) is 18.9 Å². The molecule has 0 radical (unpaired) electrons. The number of para-hydroxylation sites is 2. The lowest BCUT2D eigenvalue weighted by Crippen LogP contribution is -2.24. The molecular formula is C20H18FN3O. The van der Waals surface area contributed by atoms with Crippen LogP contribution in [0.4, 0.5) is 10.1 Å². The number of halogens is 1. The molecule has 1 amide bonds. The zero-order valence-corrected chi connectivity index (χ0v) is 13.7. The van der Waals surface area contributed by atoms with Gasteiger partial charge in [0.25, 0.3) is 0 Å². The number of aromatic nitrogens is 2. The van der Waals surface area contributed by atoms with Crippen LogP contribution in [0.5, 0.6) is 0 Å². The molecule has 0 N–H and O–H groups in total. The van der Waals surface area contributed by atoms with E-state index in [9.17, 15) is 9.18 Å². The third-order valence-corrected chi connectivity index (χ3v) is 4.62. The third-order valence-electron chi connectivity index (χ3n) is 4.62. The second-order valence-corrected chi connectivity index (χ2v) is 6.24. The number of nitrogens with zero attached hydrogens (tertiary/aromatic N) is 3. The zero-order valence-electron chi connectivity index (χ0n) is 13.7. The topological polar surface area (TPSA) is 38.1 Å². The Morgan fingerprint density at radius 1 is 1.20 bits per heavy atom. The van der Waals surface area contributed by atoms with Crippen LogP contribution in [0.3, 0.4) is 0 Å². The molecule has 0 saturated carbocycles. The van der Waals surface area contributed by atoms with Crippen molar-refractivity contribution in [2.75, 3.05) is 11.4 Å². The predicted molar refractivity (Wildman–Crippen MR) is 96.0 cm³/mol. The zero-order chi connectivity index (χ0) is 17.4. The van der Waals surface area contributed by atoms with E-state index in [0.717, 1.165) is 22.5 Å². The summed E-state index contributed by atoms with van der Waals surface area (Å²) < 4.78 is 15.3. The van der Waals surface area contributed by atoms with Crippen LogP contribution in [0, 0.1) is 5.82 Å². The van der Waals surface area contributed by atoms with E-state index in [1.54, 1.807) is 17.0 Å². The molecule has 4 nitrogen and oxygen atoms in total. The van der Waals surface area contributed by atoms with E-state index in [0.29, 0.717) is 19.5 Å². The summed E-state index contributed by atoms with van der Waals surface area (Å²) in [5.41, 5.74) is 2.69. The average Bonchev–Trinajstić information content (AvgIpc) is 3.17. The largest absolute Gasteiger partial charge is 0.324 e. The number of hydrogen-bond donors (Lipinski definition) is 0. The van der Waals surface area contributed by atoms with E-state index < -0.39 is 0 Å². The fraction of sp³-hybridized carbons (Fsp3) is 0.200. The molecule has 0 spiro atoms. The highest BCUT2D eigenvalue weighted by Crippen LogP contribution is 2.33. The van der Waals surface area contributed by atoms with Gasteiger partial charge in [0.2, 0.25) is 5.91 Å². The van der Waals surface area contributed by atoms with Gasteiger partial charge in [0.15, 0.2) is 0 Å². The van der Waals surface area contributed by atoms with Crippen LogP contribution in [0.25, 0.3) is 11.0 Å². The highest BCUT2D eigenvalue weighted by atomic mass is 19.1. The van der Waals surface area contributed by atoms with E-state index in [1.807, 2.05) is 30.3 Å². The molecule has 2 aromatic carbocycles. The molecule has 25 heavy (non-hydrogen) atoms. The lowest BCUT2D eigenvalue weighted by molar-refractivity contribution is -0.117. The molecule has 1 aromatic heterocycles. The fourth-order valence-corrected chi connectivity index (χ4v) is 3.48. The Morgan fingerprint density at radius 2 is 1.96 bits per heavy atom. The van der Waals surface area contributed by atoms with Crippen molar-refractivity contribution < 1.29 is 9.18 Å². The molecule has 1 aliphatic rings. The van der Waals surface area contributed by atoms with Crippen molar-refractivity contribution in [3.63, 3.8) is 0 Å². The van der Waals surface area contributed by atoms with Gasteiger partial charge < -0.3 is 9.47 Å². The Labute approximate surface area is 145 Å². The average molecular weight is 335 g/mol. The van der Waals surface area contributed by atoms with Gasteiger partial charge >= 0.3 is 0 Å². The Balaban J connectivity index is 1.70. The number of rotatable bonds is 4. The number of carbonyl (C=O) groups excluding carboxylic acids is 1. The molecule has 1 atom stereocenters. The second kappa shape index (κ2) is 6.16. The van der Waals surface area contributed by atoms with E-state index in [2.05, 4.69) is 11.1 Å². The summed E-state index contributed by atoms with van der Waals surface area (Å²) in [6.45, 7) is 5.03. The van der Waals surface area contributed by atoms with Crippen molar-refractivity contribution in [1.29, 1.82) is 0 Å². The van der Waals surface area contributed by atoms with Gasteiger partial charge in [-0.3, -0.25) is 4.79 Å². The van der Waals surface area contributed by atoms with Gasteiger partial charge in [-0.2, -0.15) is 0 Å². The van der Waals surface area contributed by atoms with E-state index in [4.69, 9.17) is 4.98 Å². The van der Waals surface area contributed by atoms with Gasteiger partial charge in [-0.15, -0.1) is 6.58 Å². The van der Waals surface area contributed by atoms with E-state index >= 15 is 0 Å². The number of amides is 1. The molecule has 0 unspecified atom stereocenters. The number of carbonyl (C=O) groups is 1. The van der Waals surface area contributed by atoms with E-state index in [1.165, 1.54) is 12.1 Å². The molecule has 2 heterocycles. The van der Waals surface area contributed by atoms with Gasteiger partial charge in [-0.1, -0.05) is 18.2 Å². The summed E-state index contributed by atoms with van der Waals surface area (Å²) in [5.74, 6) is 0.637. The maximum absolute atomic E-state index is 13.1. The first-order chi connectivity index (χ1) is 12.2. The Hall–Kier alpha value is -2.95. The summed E-state index contributed by atoms with van der Waals surface area (Å²) in [5, 5.41) is 0. The van der Waals surface area contributed by atoms with Gasteiger partial charge in [0, 0.05) is 31.1 Å². The van der Waals surface area contributed by atoms with Crippen molar-refractivity contribution in [3.05, 3.63) is 72.8 Å². The molecule has 3 aromatic rings. The van der Waals surface area contributed by atoms with Crippen LogP contribution in [-0.2, 0) is 11.3 Å². The number of fused-ring (bicyclic) bond motifs is 1. The number of benzene rings is 2. The quantitative estimate of drug-likeness (QED) is 0.679. The van der Waals surface area contributed by atoms with Gasteiger partial charge in [0.1, 0.15) is 11.6 Å². The lowest BCUT2D eigenvalue weighted by atomic mass is 10.1. The Bertz CT molecular complexity index is 945. The standard InChI is InChI=1S/C20H18FN3O/c1-2-11-23-18-6-4-3-5-17(18)22-20(23)14-12-19(25)24(13-14)16-9-7-15(21)8-10-16/h2-10,14H,1,11-13H2/t14-/m0/s1. The minimum Gasteiger partial charge on any atom is -0.324 e. The SMILES string of the molecule is C=CCn1c([C@H]2CC(=O)N(c3ccc(F)cc3)C2)nc2ccccc21. The Morgan fingerprint density at radius 3 is 2.72 bits per heavy atom. The summed E-state index contributed by atoms with van der Waals surface area (Å²) in [4.78, 5) is 19.0. The maximum Gasteiger partial charge on any atom is 0.227 e. The maximum atomic E-state index is 13.1. The number of hydrogen-bond acceptors (Lipinski definition) is 2. The number of imidazole rings is 1. The fourth-order valence-electron chi connectivity index (χ4n) is 3.48. The summed E-state index contributed by atoms with van der Waals surface area (Å²) >= 11 is 0. The van der Waals surface area contributed by atoms with Gasteiger partial charge in [0.05, 0.1) is 11.0 Å². The highest BCUT2D eigenvalue weighted by Gasteiger charge is 2.34. The predicted octanol–water partition coefficient (Wildman–Crippen LogP) is 3.88. The van der Waals surface area contributed by atoms with Crippen molar-refractivity contribution in [1.82, 2.24) is 9.55 Å². The van der Waals surface area contributed by atoms with Crippen LogP contribution in [-0.4, -0.2) is 22.0 Å². The number of anilines is 1. The van der Waals surface area contributed by atoms with Crippen molar-refractivity contribution in [2.24, 2.45) is 0 Å². The first-order valence-corrected chi connectivity index (χ1v) is 8.29. The monoisotopic (exact) mass is 335 g/mol. The first-order valence-electron chi connectivity index (χ1n) is 8.29. The summed E-state index contributed by atoms with van der Waals surface area (Å²) in [7, 11) is 0. The van der Waals surface area contributed by atoms with Crippen LogP contribution in [0.1, 0.15) is 18.2 Å². The molecule has 126 valence electrons. The van der Waals surface area contributed by atoms with Gasteiger partial charge in [-0.05, 0) is 36.4 Å². The smallest absolute Gasteiger partial charge is 0.227 e. The number of allylic oxidation sites excluding steroid dienone is 1. The Kier molecular flexibility index (Phi) is 3.84. The third kappa shape index (κ3) is 2.71. The second-order valence-electron chi connectivity index (χ2n) is 6.24. The molecule has 0 bridgehead atoms. The molecule has 1 fully saturated rings. The molecule has 0 aliphatic carbocycles. The molecule has 4 rings (SSSR count). The van der Waals surface area contributed by atoms with Gasteiger partial charge in [-0.25, -0.2) is 9.37 Å².